The highest BCUT2D eigenvalue weighted by Gasteiger charge is 2.18. The van der Waals surface area contributed by atoms with Crippen LogP contribution in [0.3, 0.4) is 0 Å². The number of fused-ring (bicyclic) bond motifs is 1. The lowest BCUT2D eigenvalue weighted by Crippen LogP contribution is -2.33. The van der Waals surface area contributed by atoms with Crippen LogP contribution in [0.5, 0.6) is 5.75 Å². The van der Waals surface area contributed by atoms with Crippen molar-refractivity contribution in [3.05, 3.63) is 95.3 Å². The number of H-pyrrole nitrogens is 1. The number of carbonyl (C=O) groups is 1. The van der Waals surface area contributed by atoms with Gasteiger partial charge < -0.3 is 15.0 Å². The molecule has 29 heavy (non-hydrogen) atoms. The molecule has 0 aliphatic rings. The second-order valence-corrected chi connectivity index (χ2v) is 7.08. The molecule has 0 bridgehead atoms. The molecule has 3 aromatic carbocycles. The van der Waals surface area contributed by atoms with Crippen molar-refractivity contribution in [3.63, 3.8) is 0 Å². The van der Waals surface area contributed by atoms with E-state index in [1.807, 2.05) is 80.6 Å². The fraction of sp³-hybridized carbons (Fsp3) is 0.167. The molecule has 0 spiro atoms. The van der Waals surface area contributed by atoms with Crippen LogP contribution >= 0.6 is 0 Å². The molecule has 4 rings (SSSR count). The van der Waals surface area contributed by atoms with Crippen LogP contribution in [0.25, 0.3) is 11.0 Å². The highest BCUT2D eigenvalue weighted by molar-refractivity contribution is 5.79. The van der Waals surface area contributed by atoms with Crippen molar-refractivity contribution in [1.29, 1.82) is 0 Å². The molecule has 5 heteroatoms. The monoisotopic (exact) mass is 385 g/mol. The molecule has 0 fully saturated rings. The van der Waals surface area contributed by atoms with Crippen LogP contribution in [0.15, 0.2) is 73.1 Å². The van der Waals surface area contributed by atoms with E-state index >= 15 is 0 Å². The third-order valence-corrected chi connectivity index (χ3v) is 5.13. The summed E-state index contributed by atoms with van der Waals surface area (Å²) in [6.45, 7) is 3.98. The van der Waals surface area contributed by atoms with Gasteiger partial charge in [-0.15, -0.1) is 0 Å². The summed E-state index contributed by atoms with van der Waals surface area (Å²) in [6, 6.07) is 21.4. The van der Waals surface area contributed by atoms with Gasteiger partial charge in [0.15, 0.2) is 6.61 Å². The summed E-state index contributed by atoms with van der Waals surface area (Å²) in [7, 11) is 0. The third-order valence-electron chi connectivity index (χ3n) is 5.13. The van der Waals surface area contributed by atoms with Gasteiger partial charge in [-0.2, -0.15) is 0 Å². The predicted octanol–water partition coefficient (Wildman–Crippen LogP) is 4.46. The first-order valence-corrected chi connectivity index (χ1v) is 9.58. The summed E-state index contributed by atoms with van der Waals surface area (Å²) in [6.07, 6.45) is 1.67. The maximum atomic E-state index is 12.7. The van der Waals surface area contributed by atoms with E-state index in [1.165, 1.54) is 0 Å². The molecule has 4 aromatic rings. The standard InChI is InChI=1S/C24H23N3O2/c1-16-7-6-10-22(17(16)2)29-14-23(28)27-24(18-8-4-3-5-9-18)19-11-12-20-21(13-19)26-15-25-20/h3-13,15,24H,14H2,1-2H3,(H,25,26)(H,27,28)/t24-/m1/s1. The van der Waals surface area contributed by atoms with E-state index in [0.717, 1.165) is 39.0 Å². The summed E-state index contributed by atoms with van der Waals surface area (Å²) in [5.74, 6) is 0.555. The van der Waals surface area contributed by atoms with Gasteiger partial charge in [-0.1, -0.05) is 48.5 Å². The molecule has 1 atom stereocenters. The minimum Gasteiger partial charge on any atom is -0.483 e. The van der Waals surface area contributed by atoms with Gasteiger partial charge in [0, 0.05) is 0 Å². The van der Waals surface area contributed by atoms with E-state index in [1.54, 1.807) is 6.33 Å². The average molecular weight is 385 g/mol. The number of rotatable bonds is 6. The Kier molecular flexibility index (Phi) is 5.29. The Morgan fingerprint density at radius 2 is 1.86 bits per heavy atom. The molecular formula is C24H23N3O2. The fourth-order valence-corrected chi connectivity index (χ4v) is 3.36. The number of benzene rings is 3. The number of imidazole rings is 1. The van der Waals surface area contributed by atoms with Crippen molar-refractivity contribution in [3.8, 4) is 5.75 Å². The average Bonchev–Trinajstić information content (AvgIpc) is 3.21. The highest BCUT2D eigenvalue weighted by Crippen LogP contribution is 2.25. The second kappa shape index (κ2) is 8.19. The van der Waals surface area contributed by atoms with E-state index in [-0.39, 0.29) is 18.6 Å². The van der Waals surface area contributed by atoms with Gasteiger partial charge >= 0.3 is 0 Å². The zero-order chi connectivity index (χ0) is 20.2. The Bertz CT molecular complexity index is 1140. The van der Waals surface area contributed by atoms with Crippen molar-refractivity contribution in [2.24, 2.45) is 0 Å². The predicted molar refractivity (Wildman–Crippen MR) is 114 cm³/mol. The normalized spacial score (nSPS) is 11.9. The summed E-state index contributed by atoms with van der Waals surface area (Å²) >= 11 is 0. The molecule has 0 saturated heterocycles. The first kappa shape index (κ1) is 18.7. The molecule has 146 valence electrons. The largest absolute Gasteiger partial charge is 0.483 e. The molecule has 0 aliphatic heterocycles. The molecule has 1 amide bonds. The lowest BCUT2D eigenvalue weighted by atomic mass is 9.98. The van der Waals surface area contributed by atoms with Crippen LogP contribution in [-0.2, 0) is 4.79 Å². The van der Waals surface area contributed by atoms with Gasteiger partial charge in [0.05, 0.1) is 23.4 Å². The number of carbonyl (C=O) groups excluding carboxylic acids is 1. The van der Waals surface area contributed by atoms with Crippen LogP contribution in [0.2, 0.25) is 0 Å². The van der Waals surface area contributed by atoms with E-state index in [4.69, 9.17) is 4.74 Å². The number of hydrogen-bond acceptors (Lipinski definition) is 3. The Morgan fingerprint density at radius 1 is 1.03 bits per heavy atom. The molecule has 1 aromatic heterocycles. The first-order chi connectivity index (χ1) is 14.1. The van der Waals surface area contributed by atoms with E-state index in [9.17, 15) is 4.79 Å². The van der Waals surface area contributed by atoms with Gasteiger partial charge in [0.25, 0.3) is 5.91 Å². The topological polar surface area (TPSA) is 67.0 Å². The molecule has 0 aliphatic carbocycles. The first-order valence-electron chi connectivity index (χ1n) is 9.58. The maximum absolute atomic E-state index is 12.7. The Labute approximate surface area is 169 Å². The number of aryl methyl sites for hydroxylation is 1. The smallest absolute Gasteiger partial charge is 0.258 e. The van der Waals surface area contributed by atoms with Gasteiger partial charge in [-0.3, -0.25) is 4.79 Å². The number of hydrogen-bond donors (Lipinski definition) is 2. The number of nitrogens with one attached hydrogen (secondary N) is 2. The molecule has 0 radical (unpaired) electrons. The Morgan fingerprint density at radius 3 is 2.69 bits per heavy atom. The lowest BCUT2D eigenvalue weighted by molar-refractivity contribution is -0.123. The quantitative estimate of drug-likeness (QED) is 0.515. The number of amides is 1. The number of aromatic nitrogens is 2. The van der Waals surface area contributed by atoms with E-state index in [0.29, 0.717) is 0 Å². The summed E-state index contributed by atoms with van der Waals surface area (Å²) < 4.78 is 5.78. The van der Waals surface area contributed by atoms with Crippen LogP contribution in [-0.4, -0.2) is 22.5 Å². The summed E-state index contributed by atoms with van der Waals surface area (Å²) in [5, 5.41) is 3.11. The molecule has 0 unspecified atom stereocenters. The lowest BCUT2D eigenvalue weighted by Gasteiger charge is -2.20. The highest BCUT2D eigenvalue weighted by atomic mass is 16.5. The van der Waals surface area contributed by atoms with Crippen LogP contribution in [0, 0.1) is 13.8 Å². The van der Waals surface area contributed by atoms with Crippen molar-refractivity contribution >= 4 is 16.9 Å². The molecular weight excluding hydrogens is 362 g/mol. The number of aromatic amines is 1. The SMILES string of the molecule is Cc1cccc(OCC(=O)N[C@H](c2ccccc2)c2ccc3nc[nH]c3c2)c1C. The maximum Gasteiger partial charge on any atom is 0.258 e. The minimum absolute atomic E-state index is 0.0417. The molecule has 0 saturated carbocycles. The fourth-order valence-electron chi connectivity index (χ4n) is 3.36. The zero-order valence-corrected chi connectivity index (χ0v) is 16.5. The summed E-state index contributed by atoms with van der Waals surface area (Å²) in [4.78, 5) is 20.1. The minimum atomic E-state index is -0.279. The van der Waals surface area contributed by atoms with E-state index in [2.05, 4.69) is 15.3 Å². The summed E-state index contributed by atoms with van der Waals surface area (Å²) in [5.41, 5.74) is 6.00. The van der Waals surface area contributed by atoms with Crippen molar-refractivity contribution in [1.82, 2.24) is 15.3 Å². The van der Waals surface area contributed by atoms with Gasteiger partial charge in [-0.05, 0) is 54.3 Å². The van der Waals surface area contributed by atoms with Gasteiger partial charge in [0.1, 0.15) is 5.75 Å². The Balaban J connectivity index is 1.55. The molecule has 1 heterocycles. The third kappa shape index (κ3) is 4.14. The van der Waals surface area contributed by atoms with Crippen LogP contribution in [0.1, 0.15) is 28.3 Å². The molecule has 2 N–H and O–H groups in total. The van der Waals surface area contributed by atoms with Gasteiger partial charge in [-0.25, -0.2) is 4.98 Å². The van der Waals surface area contributed by atoms with E-state index < -0.39 is 0 Å². The second-order valence-electron chi connectivity index (χ2n) is 7.08. The molecule has 5 nitrogen and oxygen atoms in total. The van der Waals surface area contributed by atoms with Crippen LogP contribution in [0.4, 0.5) is 0 Å². The van der Waals surface area contributed by atoms with Crippen molar-refractivity contribution in [2.75, 3.05) is 6.61 Å². The van der Waals surface area contributed by atoms with Crippen molar-refractivity contribution in [2.45, 2.75) is 19.9 Å². The van der Waals surface area contributed by atoms with Crippen LogP contribution < -0.4 is 10.1 Å². The van der Waals surface area contributed by atoms with Gasteiger partial charge in [0.2, 0.25) is 0 Å². The number of nitrogens with zero attached hydrogens (tertiary/aromatic N) is 1. The Hall–Kier alpha value is -3.60. The van der Waals surface area contributed by atoms with Crippen molar-refractivity contribution < 1.29 is 9.53 Å². The number of ether oxygens (including phenoxy) is 1. The zero-order valence-electron chi connectivity index (χ0n) is 16.5.